The third-order valence-corrected chi connectivity index (χ3v) is 2.78. The Bertz CT molecular complexity index is 720. The van der Waals surface area contributed by atoms with Crippen LogP contribution >= 0.6 is 0 Å². The van der Waals surface area contributed by atoms with E-state index in [4.69, 9.17) is 0 Å². The molecular weight excluding hydrogens is 260 g/mol. The first kappa shape index (κ1) is 16.1. The molecule has 0 aromatic heterocycles. The molecule has 0 aliphatic carbocycles. The highest BCUT2D eigenvalue weighted by atomic mass is 16.1. The molecular formula is C18H16N2O. The average molecular weight is 276 g/mol. The van der Waals surface area contributed by atoms with Crippen molar-refractivity contribution in [3.63, 3.8) is 0 Å². The van der Waals surface area contributed by atoms with Crippen LogP contribution in [0.25, 0.3) is 0 Å². The lowest BCUT2D eigenvalue weighted by Crippen LogP contribution is -2.36. The van der Waals surface area contributed by atoms with Crippen molar-refractivity contribution in [2.75, 3.05) is 13.1 Å². The zero-order chi connectivity index (χ0) is 15.3. The van der Waals surface area contributed by atoms with Crippen LogP contribution in [0.4, 0.5) is 0 Å². The van der Waals surface area contributed by atoms with E-state index >= 15 is 0 Å². The zero-order valence-corrected chi connectivity index (χ0v) is 12.0. The van der Waals surface area contributed by atoms with Gasteiger partial charge in [-0.3, -0.25) is 4.79 Å². The summed E-state index contributed by atoms with van der Waals surface area (Å²) < 4.78 is 0. The van der Waals surface area contributed by atoms with Gasteiger partial charge in [-0.2, -0.15) is 0 Å². The number of likely N-dealkylation sites (tertiary alicyclic amines) is 1. The number of amides is 1. The molecule has 1 heterocycles. The molecule has 0 radical (unpaired) electrons. The molecule has 3 heteroatoms. The van der Waals surface area contributed by atoms with Crippen LogP contribution in [0.2, 0.25) is 0 Å². The van der Waals surface area contributed by atoms with E-state index in [1.54, 1.807) is 0 Å². The SMILES string of the molecule is C=C=C=C=C=C=C=C=C=C=CN1CCCC1CNC(C)=O. The molecule has 0 aromatic carbocycles. The summed E-state index contributed by atoms with van der Waals surface area (Å²) in [6.45, 7) is 6.47. The van der Waals surface area contributed by atoms with Gasteiger partial charge in [0.25, 0.3) is 0 Å². The van der Waals surface area contributed by atoms with Crippen molar-refractivity contribution >= 4 is 5.91 Å². The lowest BCUT2D eigenvalue weighted by Gasteiger charge is -2.21. The molecule has 1 aliphatic heterocycles. The maximum atomic E-state index is 10.9. The minimum absolute atomic E-state index is 0.00507. The first-order valence-electron chi connectivity index (χ1n) is 6.60. The first-order chi connectivity index (χ1) is 10.2. The fraction of sp³-hybridized carbons (Fsp3) is 0.333. The summed E-state index contributed by atoms with van der Waals surface area (Å²) in [6.07, 6.45) is 4.00. The number of carbonyl (C=O) groups excluding carboxylic acids is 1. The molecule has 1 rings (SSSR count). The van der Waals surface area contributed by atoms with Crippen molar-refractivity contribution < 1.29 is 4.79 Å². The van der Waals surface area contributed by atoms with Gasteiger partial charge in [0.05, 0.1) is 6.20 Å². The van der Waals surface area contributed by atoms with Gasteiger partial charge in [0.2, 0.25) is 5.91 Å². The van der Waals surface area contributed by atoms with Crippen LogP contribution < -0.4 is 5.32 Å². The maximum Gasteiger partial charge on any atom is 0.216 e. The first-order valence-corrected chi connectivity index (χ1v) is 6.60. The van der Waals surface area contributed by atoms with Gasteiger partial charge in [-0.1, -0.05) is 5.73 Å². The second-order valence-electron chi connectivity index (χ2n) is 4.30. The van der Waals surface area contributed by atoms with E-state index in [-0.39, 0.29) is 5.91 Å². The molecule has 1 unspecified atom stereocenters. The summed E-state index contributed by atoms with van der Waals surface area (Å²) in [6, 6.07) is 0.321. The Morgan fingerprint density at radius 1 is 1.24 bits per heavy atom. The fourth-order valence-electron chi connectivity index (χ4n) is 1.86. The molecule has 1 fully saturated rings. The van der Waals surface area contributed by atoms with Gasteiger partial charge >= 0.3 is 0 Å². The van der Waals surface area contributed by atoms with Crippen LogP contribution in [0.3, 0.4) is 0 Å². The minimum Gasteiger partial charge on any atom is -0.366 e. The summed E-state index contributed by atoms with van der Waals surface area (Å²) in [5.41, 5.74) is 23.3. The molecule has 0 saturated carbocycles. The standard InChI is InChI=1S/C18H16N2O/c1-3-4-5-6-7-8-9-10-11-14-20-15-12-13-18(20)16-19-17(2)21/h14,18H,1,12-13,15-16H2,2H3,(H,19,21). The van der Waals surface area contributed by atoms with Crippen molar-refractivity contribution in [3.05, 3.63) is 64.4 Å². The molecule has 1 aliphatic rings. The van der Waals surface area contributed by atoms with Crippen molar-refractivity contribution in [1.82, 2.24) is 10.2 Å². The number of nitrogens with zero attached hydrogens (tertiary/aromatic N) is 1. The predicted octanol–water partition coefficient (Wildman–Crippen LogP) is 2.13. The van der Waals surface area contributed by atoms with Crippen LogP contribution in [-0.2, 0) is 4.79 Å². The van der Waals surface area contributed by atoms with Gasteiger partial charge < -0.3 is 10.2 Å². The van der Waals surface area contributed by atoms with E-state index < -0.39 is 0 Å². The lowest BCUT2D eigenvalue weighted by atomic mass is 10.2. The van der Waals surface area contributed by atoms with E-state index in [1.165, 1.54) is 6.92 Å². The number of carbonyl (C=O) groups is 1. The maximum absolute atomic E-state index is 10.9. The van der Waals surface area contributed by atoms with Crippen LogP contribution in [0.15, 0.2) is 64.4 Å². The van der Waals surface area contributed by atoms with E-state index in [1.807, 2.05) is 6.20 Å². The second kappa shape index (κ2) is 9.89. The molecule has 1 atom stereocenters. The quantitative estimate of drug-likeness (QED) is 0.801. The number of hydrogen-bond donors (Lipinski definition) is 1. The van der Waals surface area contributed by atoms with Gasteiger partial charge in [-0.05, 0) is 65.3 Å². The highest BCUT2D eigenvalue weighted by Crippen LogP contribution is 2.16. The summed E-state index contributed by atoms with van der Waals surface area (Å²) in [4.78, 5) is 13.1. The second-order valence-corrected chi connectivity index (χ2v) is 4.30. The Morgan fingerprint density at radius 2 is 1.90 bits per heavy atom. The summed E-state index contributed by atoms with van der Waals surface area (Å²) in [5.74, 6) is -0.00507. The highest BCUT2D eigenvalue weighted by molar-refractivity contribution is 5.72. The van der Waals surface area contributed by atoms with Crippen molar-refractivity contribution in [2.24, 2.45) is 0 Å². The third-order valence-electron chi connectivity index (χ3n) is 2.78. The topological polar surface area (TPSA) is 32.3 Å². The van der Waals surface area contributed by atoms with Gasteiger partial charge in [0.15, 0.2) is 0 Å². The molecule has 3 nitrogen and oxygen atoms in total. The molecule has 1 N–H and O–H groups in total. The molecule has 104 valence electrons. The third kappa shape index (κ3) is 7.25. The van der Waals surface area contributed by atoms with E-state index in [2.05, 4.69) is 68.4 Å². The normalized spacial score (nSPS) is 14.5. The highest BCUT2D eigenvalue weighted by Gasteiger charge is 2.21. The van der Waals surface area contributed by atoms with Crippen LogP contribution in [-0.4, -0.2) is 29.9 Å². The van der Waals surface area contributed by atoms with E-state index in [0.29, 0.717) is 12.6 Å². The van der Waals surface area contributed by atoms with Gasteiger partial charge in [0, 0.05) is 26.1 Å². The Hall–Kier alpha value is -2.97. The molecule has 21 heavy (non-hydrogen) atoms. The Morgan fingerprint density at radius 3 is 2.57 bits per heavy atom. The van der Waals surface area contributed by atoms with E-state index in [0.717, 1.165) is 19.4 Å². The van der Waals surface area contributed by atoms with E-state index in [9.17, 15) is 4.79 Å². The van der Waals surface area contributed by atoms with Crippen LogP contribution in [0.5, 0.6) is 0 Å². The van der Waals surface area contributed by atoms with Crippen LogP contribution in [0.1, 0.15) is 19.8 Å². The van der Waals surface area contributed by atoms with Gasteiger partial charge in [-0.15, -0.1) is 0 Å². The number of hydrogen-bond acceptors (Lipinski definition) is 2. The summed E-state index contributed by atoms with van der Waals surface area (Å²) >= 11 is 0. The van der Waals surface area contributed by atoms with Gasteiger partial charge in [-0.25, -0.2) is 0 Å². The largest absolute Gasteiger partial charge is 0.366 e. The number of rotatable bonds is 3. The molecule has 0 bridgehead atoms. The van der Waals surface area contributed by atoms with Crippen molar-refractivity contribution in [2.45, 2.75) is 25.8 Å². The Labute approximate surface area is 125 Å². The predicted molar refractivity (Wildman–Crippen MR) is 80.2 cm³/mol. The minimum atomic E-state index is -0.00507. The molecule has 0 spiro atoms. The molecule has 0 aromatic rings. The zero-order valence-electron chi connectivity index (χ0n) is 12.0. The smallest absolute Gasteiger partial charge is 0.216 e. The van der Waals surface area contributed by atoms with Crippen molar-refractivity contribution in [3.8, 4) is 0 Å². The number of nitrogens with one attached hydrogen (secondary N) is 1. The Balaban J connectivity index is 2.79. The van der Waals surface area contributed by atoms with Crippen LogP contribution in [0, 0.1) is 0 Å². The average Bonchev–Trinajstić information content (AvgIpc) is 2.91. The summed E-state index contributed by atoms with van der Waals surface area (Å²) in [5, 5.41) is 2.84. The molecule has 1 saturated heterocycles. The Kier molecular flexibility index (Phi) is 7.58. The summed E-state index contributed by atoms with van der Waals surface area (Å²) in [7, 11) is 0. The monoisotopic (exact) mass is 276 g/mol. The fourth-order valence-corrected chi connectivity index (χ4v) is 1.86. The van der Waals surface area contributed by atoms with Crippen molar-refractivity contribution in [1.29, 1.82) is 0 Å². The van der Waals surface area contributed by atoms with Gasteiger partial charge in [0.1, 0.15) is 0 Å². The lowest BCUT2D eigenvalue weighted by molar-refractivity contribution is -0.119. The molecule has 1 amide bonds.